The van der Waals surface area contributed by atoms with Crippen LogP contribution in [0.3, 0.4) is 0 Å². The number of amides is 1. The molecule has 1 aromatic rings. The Kier molecular flexibility index (Phi) is 3.36. The highest BCUT2D eigenvalue weighted by Gasteiger charge is 2.49. The second-order valence-electron chi connectivity index (χ2n) is 6.70. The molecule has 1 amide bonds. The van der Waals surface area contributed by atoms with E-state index in [4.69, 9.17) is 0 Å². The fourth-order valence-corrected chi connectivity index (χ4v) is 3.36. The maximum atomic E-state index is 12.3. The van der Waals surface area contributed by atoms with Crippen molar-refractivity contribution in [1.29, 1.82) is 0 Å². The average molecular weight is 290 g/mol. The maximum absolute atomic E-state index is 12.3. The predicted octanol–water partition coefficient (Wildman–Crippen LogP) is 1.17. The average Bonchev–Trinajstić information content (AvgIpc) is 3.03. The lowest BCUT2D eigenvalue weighted by molar-refractivity contribution is 0.00888. The van der Waals surface area contributed by atoms with Crippen LogP contribution in [0, 0.1) is 5.41 Å². The van der Waals surface area contributed by atoms with Crippen LogP contribution in [-0.2, 0) is 0 Å². The molecule has 0 atom stereocenters. The summed E-state index contributed by atoms with van der Waals surface area (Å²) >= 11 is 0. The highest BCUT2D eigenvalue weighted by atomic mass is 16.2. The van der Waals surface area contributed by atoms with Gasteiger partial charge >= 0.3 is 0 Å². The molecule has 114 valence electrons. The zero-order chi connectivity index (χ0) is 15.2. The van der Waals surface area contributed by atoms with Gasteiger partial charge in [-0.05, 0) is 32.9 Å². The number of likely N-dealkylation sites (tertiary alicyclic amines) is 2. The number of Topliss-reactive ketones (excluding diaryl/α,β-unsaturated/α-hetero) is 1. The molecule has 0 aromatic carbocycles. The molecular formula is C15H22N4O2. The Balaban J connectivity index is 1.61. The van der Waals surface area contributed by atoms with Gasteiger partial charge in [-0.3, -0.25) is 14.7 Å². The number of aromatic amines is 1. The molecule has 3 rings (SSSR count). The standard InChI is InChI=1S/C15H22N4O2/c1-10(2)18-5-4-15(7-18)8-19(9-15)14(21)13-6-12(11(3)20)16-17-13/h6,10H,4-5,7-9H2,1-3H3,(H,16,17). The van der Waals surface area contributed by atoms with Gasteiger partial charge in [0.25, 0.3) is 5.91 Å². The fraction of sp³-hybridized carbons (Fsp3) is 0.667. The Labute approximate surface area is 124 Å². The number of hydrogen-bond acceptors (Lipinski definition) is 4. The van der Waals surface area contributed by atoms with Gasteiger partial charge in [0.15, 0.2) is 5.78 Å². The SMILES string of the molecule is CC(=O)c1cc(C(=O)N2CC3(CCN(C(C)C)C3)C2)[nH]n1. The Morgan fingerprint density at radius 2 is 2.05 bits per heavy atom. The van der Waals surface area contributed by atoms with E-state index in [1.807, 2.05) is 4.90 Å². The van der Waals surface area contributed by atoms with Gasteiger partial charge in [0.05, 0.1) is 0 Å². The predicted molar refractivity (Wildman–Crippen MR) is 78.3 cm³/mol. The Hall–Kier alpha value is -1.69. The van der Waals surface area contributed by atoms with Crippen LogP contribution in [0.1, 0.15) is 48.2 Å². The first kappa shape index (κ1) is 14.3. The summed E-state index contributed by atoms with van der Waals surface area (Å²) in [7, 11) is 0. The largest absolute Gasteiger partial charge is 0.336 e. The third kappa shape index (κ3) is 2.48. The molecule has 2 aliphatic rings. The maximum Gasteiger partial charge on any atom is 0.271 e. The molecule has 6 nitrogen and oxygen atoms in total. The molecule has 6 heteroatoms. The number of hydrogen-bond donors (Lipinski definition) is 1. The van der Waals surface area contributed by atoms with Crippen molar-refractivity contribution in [3.63, 3.8) is 0 Å². The van der Waals surface area contributed by atoms with E-state index in [-0.39, 0.29) is 17.1 Å². The Morgan fingerprint density at radius 1 is 1.33 bits per heavy atom. The first-order valence-electron chi connectivity index (χ1n) is 7.50. The molecular weight excluding hydrogens is 268 g/mol. The van der Waals surface area contributed by atoms with Crippen LogP contribution in [0.2, 0.25) is 0 Å². The molecule has 0 unspecified atom stereocenters. The minimum Gasteiger partial charge on any atom is -0.336 e. The summed E-state index contributed by atoms with van der Waals surface area (Å²) in [5, 5.41) is 6.54. The molecule has 0 bridgehead atoms. The van der Waals surface area contributed by atoms with Crippen LogP contribution in [0.5, 0.6) is 0 Å². The van der Waals surface area contributed by atoms with Crippen molar-refractivity contribution in [2.24, 2.45) is 5.41 Å². The van der Waals surface area contributed by atoms with E-state index >= 15 is 0 Å². The molecule has 0 aliphatic carbocycles. The number of nitrogens with zero attached hydrogens (tertiary/aromatic N) is 3. The molecule has 1 spiro atoms. The van der Waals surface area contributed by atoms with Gasteiger partial charge in [-0.15, -0.1) is 0 Å². The van der Waals surface area contributed by atoms with E-state index in [2.05, 4.69) is 28.9 Å². The van der Waals surface area contributed by atoms with E-state index < -0.39 is 0 Å². The summed E-state index contributed by atoms with van der Waals surface area (Å²) in [4.78, 5) is 27.9. The van der Waals surface area contributed by atoms with E-state index in [1.54, 1.807) is 6.07 Å². The molecule has 2 fully saturated rings. The van der Waals surface area contributed by atoms with Crippen LogP contribution in [0.25, 0.3) is 0 Å². The zero-order valence-electron chi connectivity index (χ0n) is 12.8. The van der Waals surface area contributed by atoms with Crippen LogP contribution in [0.4, 0.5) is 0 Å². The van der Waals surface area contributed by atoms with Gasteiger partial charge in [-0.1, -0.05) is 0 Å². The van der Waals surface area contributed by atoms with Crippen molar-refractivity contribution >= 4 is 11.7 Å². The van der Waals surface area contributed by atoms with Crippen molar-refractivity contribution in [2.75, 3.05) is 26.2 Å². The van der Waals surface area contributed by atoms with Crippen molar-refractivity contribution in [2.45, 2.75) is 33.2 Å². The fourth-order valence-electron chi connectivity index (χ4n) is 3.36. The Morgan fingerprint density at radius 3 is 2.57 bits per heavy atom. The minimum absolute atomic E-state index is 0.0522. The lowest BCUT2D eigenvalue weighted by atomic mass is 9.79. The van der Waals surface area contributed by atoms with Crippen molar-refractivity contribution in [3.05, 3.63) is 17.5 Å². The third-order valence-corrected chi connectivity index (χ3v) is 4.71. The van der Waals surface area contributed by atoms with Crippen molar-refractivity contribution in [1.82, 2.24) is 20.0 Å². The van der Waals surface area contributed by atoms with Crippen LogP contribution >= 0.6 is 0 Å². The number of carbonyl (C=O) groups excluding carboxylic acids is 2. The van der Waals surface area contributed by atoms with Gasteiger partial charge < -0.3 is 9.80 Å². The molecule has 2 saturated heterocycles. The van der Waals surface area contributed by atoms with Gasteiger partial charge in [0.2, 0.25) is 0 Å². The Bertz CT molecular complexity index is 572. The second-order valence-corrected chi connectivity index (χ2v) is 6.70. The summed E-state index contributed by atoms with van der Waals surface area (Å²) in [5.74, 6) is -0.183. The van der Waals surface area contributed by atoms with Crippen LogP contribution in [0.15, 0.2) is 6.07 Å². The van der Waals surface area contributed by atoms with Crippen LogP contribution in [-0.4, -0.2) is 63.9 Å². The van der Waals surface area contributed by atoms with E-state index in [9.17, 15) is 9.59 Å². The van der Waals surface area contributed by atoms with Gasteiger partial charge in [0, 0.05) is 38.0 Å². The smallest absolute Gasteiger partial charge is 0.271 e. The number of rotatable bonds is 3. The normalized spacial score (nSPS) is 21.0. The van der Waals surface area contributed by atoms with Gasteiger partial charge in [-0.25, -0.2) is 0 Å². The van der Waals surface area contributed by atoms with Gasteiger partial charge in [0.1, 0.15) is 11.4 Å². The van der Waals surface area contributed by atoms with E-state index in [0.29, 0.717) is 17.4 Å². The molecule has 2 aliphatic heterocycles. The first-order valence-corrected chi connectivity index (χ1v) is 7.50. The first-order chi connectivity index (χ1) is 9.90. The topological polar surface area (TPSA) is 69.3 Å². The highest BCUT2D eigenvalue weighted by Crippen LogP contribution is 2.40. The minimum atomic E-state index is -0.131. The number of ketones is 1. The van der Waals surface area contributed by atoms with E-state index in [0.717, 1.165) is 32.6 Å². The third-order valence-electron chi connectivity index (χ3n) is 4.71. The molecule has 0 saturated carbocycles. The van der Waals surface area contributed by atoms with Crippen molar-refractivity contribution < 1.29 is 9.59 Å². The summed E-state index contributed by atoms with van der Waals surface area (Å²) < 4.78 is 0. The molecule has 1 N–H and O–H groups in total. The number of H-pyrrole nitrogens is 1. The second kappa shape index (κ2) is 4.94. The summed E-state index contributed by atoms with van der Waals surface area (Å²) in [6.45, 7) is 9.70. The van der Waals surface area contributed by atoms with Crippen LogP contribution < -0.4 is 0 Å². The summed E-state index contributed by atoms with van der Waals surface area (Å²) in [6, 6.07) is 2.12. The molecule has 3 heterocycles. The lowest BCUT2D eigenvalue weighted by Gasteiger charge is -2.48. The van der Waals surface area contributed by atoms with E-state index in [1.165, 1.54) is 6.92 Å². The molecule has 1 aromatic heterocycles. The summed E-state index contributed by atoms with van der Waals surface area (Å²) in [5.41, 5.74) is 1.01. The highest BCUT2D eigenvalue weighted by molar-refractivity contribution is 5.97. The summed E-state index contributed by atoms with van der Waals surface area (Å²) in [6.07, 6.45) is 1.16. The zero-order valence-corrected chi connectivity index (χ0v) is 12.8. The molecule has 0 radical (unpaired) electrons. The number of carbonyl (C=O) groups is 2. The lowest BCUT2D eigenvalue weighted by Crippen LogP contribution is -2.59. The quantitative estimate of drug-likeness (QED) is 0.848. The molecule has 21 heavy (non-hydrogen) atoms. The number of aromatic nitrogens is 2. The van der Waals surface area contributed by atoms with Crippen molar-refractivity contribution in [3.8, 4) is 0 Å². The monoisotopic (exact) mass is 290 g/mol. The van der Waals surface area contributed by atoms with Gasteiger partial charge in [-0.2, -0.15) is 5.10 Å². The number of nitrogens with one attached hydrogen (secondary N) is 1.